The lowest BCUT2D eigenvalue weighted by Gasteiger charge is -2.23. The van der Waals surface area contributed by atoms with E-state index in [-0.39, 0.29) is 11.8 Å². The van der Waals surface area contributed by atoms with Crippen molar-refractivity contribution in [3.63, 3.8) is 0 Å². The molecule has 0 aliphatic rings. The van der Waals surface area contributed by atoms with Gasteiger partial charge in [0.05, 0.1) is 19.1 Å². The molecule has 1 aromatic carbocycles. The summed E-state index contributed by atoms with van der Waals surface area (Å²) in [5, 5.41) is 0. The second-order valence-electron chi connectivity index (χ2n) is 4.83. The third-order valence-corrected chi connectivity index (χ3v) is 3.20. The standard InChI is InChI=1S/C16H24N2O3/c1-4-18(11-10-15(19)21-5-2)14-8-6-13(7-9-14)16(20)12(3)17/h6-9,12H,4-5,10-11,17H2,1-3H3. The maximum Gasteiger partial charge on any atom is 0.307 e. The van der Waals surface area contributed by atoms with Gasteiger partial charge in [0.1, 0.15) is 0 Å². The van der Waals surface area contributed by atoms with E-state index in [9.17, 15) is 9.59 Å². The van der Waals surface area contributed by atoms with Crippen LogP contribution in [0.5, 0.6) is 0 Å². The number of benzene rings is 1. The maximum absolute atomic E-state index is 11.8. The molecule has 0 aliphatic carbocycles. The van der Waals surface area contributed by atoms with E-state index in [2.05, 4.69) is 4.90 Å². The molecule has 116 valence electrons. The molecule has 0 aliphatic heterocycles. The van der Waals surface area contributed by atoms with E-state index < -0.39 is 6.04 Å². The van der Waals surface area contributed by atoms with Gasteiger partial charge < -0.3 is 15.4 Å². The quantitative estimate of drug-likeness (QED) is 0.586. The van der Waals surface area contributed by atoms with Gasteiger partial charge in [-0.25, -0.2) is 0 Å². The van der Waals surface area contributed by atoms with Crippen molar-refractivity contribution in [2.75, 3.05) is 24.6 Å². The number of rotatable bonds is 8. The number of ether oxygens (including phenoxy) is 1. The molecule has 1 unspecified atom stereocenters. The van der Waals surface area contributed by atoms with Crippen LogP contribution in [0.1, 0.15) is 37.6 Å². The van der Waals surface area contributed by atoms with E-state index in [1.807, 2.05) is 19.1 Å². The fraction of sp³-hybridized carbons (Fsp3) is 0.500. The SMILES string of the molecule is CCOC(=O)CCN(CC)c1ccc(C(=O)C(C)N)cc1. The van der Waals surface area contributed by atoms with Crippen molar-refractivity contribution >= 4 is 17.4 Å². The summed E-state index contributed by atoms with van der Waals surface area (Å²) >= 11 is 0. The van der Waals surface area contributed by atoms with Crippen LogP contribution in [0.3, 0.4) is 0 Å². The summed E-state index contributed by atoms with van der Waals surface area (Å²) in [6.07, 6.45) is 0.349. The highest BCUT2D eigenvalue weighted by molar-refractivity contribution is 5.99. The van der Waals surface area contributed by atoms with E-state index in [1.54, 1.807) is 26.0 Å². The molecule has 1 atom stereocenters. The van der Waals surface area contributed by atoms with Crippen molar-refractivity contribution < 1.29 is 14.3 Å². The summed E-state index contributed by atoms with van der Waals surface area (Å²) in [6.45, 7) is 7.26. The number of hydrogen-bond acceptors (Lipinski definition) is 5. The average Bonchev–Trinajstić information content (AvgIpc) is 2.48. The predicted octanol–water partition coefficient (Wildman–Crippen LogP) is 2.00. The van der Waals surface area contributed by atoms with E-state index in [4.69, 9.17) is 10.5 Å². The summed E-state index contributed by atoms with van der Waals surface area (Å²) in [5.74, 6) is -0.268. The minimum Gasteiger partial charge on any atom is -0.466 e. The molecule has 1 rings (SSSR count). The number of ketones is 1. The van der Waals surface area contributed by atoms with Crippen molar-refractivity contribution in [3.05, 3.63) is 29.8 Å². The van der Waals surface area contributed by atoms with Gasteiger partial charge in [0.25, 0.3) is 0 Å². The largest absolute Gasteiger partial charge is 0.466 e. The number of nitrogens with two attached hydrogens (primary N) is 1. The van der Waals surface area contributed by atoms with Crippen molar-refractivity contribution in [3.8, 4) is 0 Å². The molecule has 5 heteroatoms. The number of nitrogens with zero attached hydrogens (tertiary/aromatic N) is 1. The number of anilines is 1. The lowest BCUT2D eigenvalue weighted by atomic mass is 10.1. The monoisotopic (exact) mass is 292 g/mol. The Morgan fingerprint density at radius 2 is 1.86 bits per heavy atom. The van der Waals surface area contributed by atoms with Crippen LogP contribution < -0.4 is 10.6 Å². The summed E-state index contributed by atoms with van der Waals surface area (Å²) in [5.41, 5.74) is 7.17. The highest BCUT2D eigenvalue weighted by Gasteiger charge is 2.12. The van der Waals surface area contributed by atoms with Crippen molar-refractivity contribution in [1.82, 2.24) is 0 Å². The molecular formula is C16H24N2O3. The highest BCUT2D eigenvalue weighted by atomic mass is 16.5. The minimum atomic E-state index is -0.498. The summed E-state index contributed by atoms with van der Waals surface area (Å²) in [4.78, 5) is 25.3. The molecule has 0 saturated carbocycles. The zero-order valence-corrected chi connectivity index (χ0v) is 13.0. The molecule has 0 fully saturated rings. The van der Waals surface area contributed by atoms with Crippen LogP contribution in [0.15, 0.2) is 24.3 Å². The Labute approximate surface area is 126 Å². The molecule has 5 nitrogen and oxygen atoms in total. The van der Waals surface area contributed by atoms with Crippen LogP contribution in [-0.4, -0.2) is 37.5 Å². The topological polar surface area (TPSA) is 72.6 Å². The molecule has 0 saturated heterocycles. The summed E-state index contributed by atoms with van der Waals surface area (Å²) in [6, 6.07) is 6.80. The molecule has 0 radical (unpaired) electrons. The van der Waals surface area contributed by atoms with Gasteiger partial charge in [-0.2, -0.15) is 0 Å². The van der Waals surface area contributed by atoms with E-state index >= 15 is 0 Å². The molecule has 0 spiro atoms. The van der Waals surface area contributed by atoms with Crippen molar-refractivity contribution in [2.24, 2.45) is 5.73 Å². The highest BCUT2D eigenvalue weighted by Crippen LogP contribution is 2.16. The molecule has 0 aromatic heterocycles. The molecule has 0 amide bonds. The Morgan fingerprint density at radius 1 is 1.24 bits per heavy atom. The zero-order chi connectivity index (χ0) is 15.8. The van der Waals surface area contributed by atoms with Gasteiger partial charge >= 0.3 is 5.97 Å². The first-order chi connectivity index (χ1) is 9.99. The van der Waals surface area contributed by atoms with Crippen LogP contribution in [0.4, 0.5) is 5.69 Å². The second-order valence-corrected chi connectivity index (χ2v) is 4.83. The maximum atomic E-state index is 11.8. The number of carbonyl (C=O) groups is 2. The van der Waals surface area contributed by atoms with Gasteiger partial charge in [-0.1, -0.05) is 0 Å². The van der Waals surface area contributed by atoms with E-state index in [0.717, 1.165) is 12.2 Å². The van der Waals surface area contributed by atoms with Gasteiger partial charge in [-0.05, 0) is 45.0 Å². The number of Topliss-reactive ketones (excluding diaryl/α,β-unsaturated/α-hetero) is 1. The molecule has 1 aromatic rings. The third-order valence-electron chi connectivity index (χ3n) is 3.20. The van der Waals surface area contributed by atoms with Crippen LogP contribution in [-0.2, 0) is 9.53 Å². The van der Waals surface area contributed by atoms with Crippen LogP contribution in [0.2, 0.25) is 0 Å². The van der Waals surface area contributed by atoms with Crippen LogP contribution in [0.25, 0.3) is 0 Å². The molecule has 0 heterocycles. The van der Waals surface area contributed by atoms with Gasteiger partial charge in [-0.3, -0.25) is 9.59 Å². The second kappa shape index (κ2) is 8.42. The summed E-state index contributed by atoms with van der Waals surface area (Å²) in [7, 11) is 0. The minimum absolute atomic E-state index is 0.0730. The zero-order valence-electron chi connectivity index (χ0n) is 13.0. The van der Waals surface area contributed by atoms with Gasteiger partial charge in [0, 0.05) is 24.3 Å². The molecule has 2 N–H and O–H groups in total. The van der Waals surface area contributed by atoms with Gasteiger partial charge in [-0.15, -0.1) is 0 Å². The third kappa shape index (κ3) is 5.19. The van der Waals surface area contributed by atoms with E-state index in [0.29, 0.717) is 25.1 Å². The van der Waals surface area contributed by atoms with Crippen LogP contribution in [0, 0.1) is 0 Å². The Bertz CT molecular complexity index is 469. The number of esters is 1. The fourth-order valence-electron chi connectivity index (χ4n) is 2.03. The smallest absolute Gasteiger partial charge is 0.307 e. The Morgan fingerprint density at radius 3 is 2.33 bits per heavy atom. The lowest BCUT2D eigenvalue weighted by Crippen LogP contribution is -2.27. The average molecular weight is 292 g/mol. The first-order valence-corrected chi connectivity index (χ1v) is 7.30. The number of hydrogen-bond donors (Lipinski definition) is 1. The summed E-state index contributed by atoms with van der Waals surface area (Å²) < 4.78 is 4.93. The first kappa shape index (κ1) is 17.2. The Kier molecular flexibility index (Phi) is 6.88. The van der Waals surface area contributed by atoms with Crippen molar-refractivity contribution in [2.45, 2.75) is 33.2 Å². The number of carbonyl (C=O) groups excluding carboxylic acids is 2. The first-order valence-electron chi connectivity index (χ1n) is 7.30. The predicted molar refractivity (Wildman–Crippen MR) is 83.6 cm³/mol. The molecule has 21 heavy (non-hydrogen) atoms. The lowest BCUT2D eigenvalue weighted by molar-refractivity contribution is -0.142. The van der Waals surface area contributed by atoms with Crippen molar-refractivity contribution in [1.29, 1.82) is 0 Å². The van der Waals surface area contributed by atoms with E-state index in [1.165, 1.54) is 0 Å². The molecule has 0 bridgehead atoms. The Hall–Kier alpha value is -1.88. The van der Waals surface area contributed by atoms with Crippen LogP contribution >= 0.6 is 0 Å². The molecular weight excluding hydrogens is 268 g/mol. The van der Waals surface area contributed by atoms with Gasteiger partial charge in [0.15, 0.2) is 5.78 Å². The van der Waals surface area contributed by atoms with Gasteiger partial charge in [0.2, 0.25) is 0 Å². The Balaban J connectivity index is 2.69. The normalized spacial score (nSPS) is 11.8. The fourth-order valence-corrected chi connectivity index (χ4v) is 2.03.